The third-order valence-corrected chi connectivity index (χ3v) is 11.7. The fourth-order valence-corrected chi connectivity index (χ4v) is 9.38. The summed E-state index contributed by atoms with van der Waals surface area (Å²) in [4.78, 5) is 13.3. The SMILES string of the molecule is c1ccc2c(c1)Sc1cccc3c4c5ccccc5n(-c5nc(-c6ccc(-c7cccc8ccccc78)cc6)c6oc7ccccc7c6n5)c4n-2c13. The van der Waals surface area contributed by atoms with Crippen LogP contribution in [0, 0.1) is 0 Å². The van der Waals surface area contributed by atoms with E-state index in [0.29, 0.717) is 11.5 Å². The lowest BCUT2D eigenvalue weighted by Gasteiger charge is -2.20. The fourth-order valence-electron chi connectivity index (χ4n) is 8.29. The summed E-state index contributed by atoms with van der Waals surface area (Å²) in [6.07, 6.45) is 0. The number of hydrogen-bond acceptors (Lipinski definition) is 4. The van der Waals surface area contributed by atoms with Crippen LogP contribution in [-0.2, 0) is 0 Å². The number of furan rings is 1. The maximum atomic E-state index is 6.58. The second kappa shape index (κ2) is 10.4. The number of para-hydroxylation sites is 4. The van der Waals surface area contributed by atoms with E-state index in [0.717, 1.165) is 50.2 Å². The number of aromatic nitrogens is 4. The molecule has 7 aromatic carbocycles. The molecular formula is C46H26N4OS. The summed E-state index contributed by atoms with van der Waals surface area (Å²) in [5.41, 5.74) is 10.9. The molecule has 5 heterocycles. The zero-order valence-electron chi connectivity index (χ0n) is 27.6. The van der Waals surface area contributed by atoms with Crippen molar-refractivity contribution in [2.75, 3.05) is 0 Å². The van der Waals surface area contributed by atoms with Crippen molar-refractivity contribution < 1.29 is 4.42 Å². The number of nitrogens with zero attached hydrogens (tertiary/aromatic N) is 4. The standard InChI is InChI=1S/C46H26N4OS/c1-2-13-30-27(11-1)12-9-16-31(30)28-23-25-29(26-24-28)41-44-42(33-15-4-7-20-37(33)51-44)48-46(47-41)50-35-18-5-3-14-32(35)40-34-17-10-22-39-43(34)49(45(40)50)36-19-6-8-21-38(36)52-39/h1-26H. The summed E-state index contributed by atoms with van der Waals surface area (Å²) in [7, 11) is 0. The maximum Gasteiger partial charge on any atom is 0.237 e. The van der Waals surface area contributed by atoms with Crippen LogP contribution in [0.15, 0.2) is 172 Å². The van der Waals surface area contributed by atoms with Crippen LogP contribution in [0.2, 0.25) is 0 Å². The van der Waals surface area contributed by atoms with E-state index in [1.54, 1.807) is 0 Å². The average molecular weight is 683 g/mol. The molecule has 0 spiro atoms. The highest BCUT2D eigenvalue weighted by molar-refractivity contribution is 7.99. The molecule has 0 N–H and O–H groups in total. The summed E-state index contributed by atoms with van der Waals surface area (Å²) >= 11 is 1.83. The van der Waals surface area contributed by atoms with E-state index in [4.69, 9.17) is 14.4 Å². The Morgan fingerprint density at radius 2 is 1.21 bits per heavy atom. The Morgan fingerprint density at radius 3 is 2.13 bits per heavy atom. The Labute approximate surface area is 301 Å². The first-order valence-corrected chi connectivity index (χ1v) is 18.2. The molecule has 5 nitrogen and oxygen atoms in total. The number of hydrogen-bond donors (Lipinski definition) is 0. The van der Waals surface area contributed by atoms with Crippen molar-refractivity contribution in [2.45, 2.75) is 9.79 Å². The van der Waals surface area contributed by atoms with Crippen LogP contribution in [0.3, 0.4) is 0 Å². The molecule has 242 valence electrons. The van der Waals surface area contributed by atoms with E-state index in [1.165, 1.54) is 47.8 Å². The third-order valence-electron chi connectivity index (χ3n) is 10.5. The normalized spacial score (nSPS) is 12.5. The van der Waals surface area contributed by atoms with Gasteiger partial charge in [-0.3, -0.25) is 9.13 Å². The van der Waals surface area contributed by atoms with Gasteiger partial charge in [0.2, 0.25) is 5.95 Å². The highest BCUT2D eigenvalue weighted by Crippen LogP contribution is 2.49. The summed E-state index contributed by atoms with van der Waals surface area (Å²) < 4.78 is 11.3. The van der Waals surface area contributed by atoms with E-state index in [2.05, 4.69) is 149 Å². The minimum atomic E-state index is 0.606. The van der Waals surface area contributed by atoms with Gasteiger partial charge in [-0.2, -0.15) is 0 Å². The van der Waals surface area contributed by atoms with Crippen molar-refractivity contribution in [3.05, 3.63) is 158 Å². The van der Waals surface area contributed by atoms with Gasteiger partial charge >= 0.3 is 0 Å². The van der Waals surface area contributed by atoms with Crippen molar-refractivity contribution in [1.82, 2.24) is 19.1 Å². The molecule has 0 fully saturated rings. The van der Waals surface area contributed by atoms with Crippen molar-refractivity contribution in [3.8, 4) is 34.0 Å². The first kappa shape index (κ1) is 28.1. The first-order valence-electron chi connectivity index (χ1n) is 17.4. The average Bonchev–Trinajstić information content (AvgIpc) is 3.86. The van der Waals surface area contributed by atoms with Gasteiger partial charge < -0.3 is 4.42 Å². The molecule has 1 aliphatic heterocycles. The number of rotatable bonds is 3. The van der Waals surface area contributed by atoms with Crippen molar-refractivity contribution in [1.29, 1.82) is 0 Å². The Hall–Kier alpha value is -6.63. The van der Waals surface area contributed by atoms with Crippen LogP contribution in [-0.4, -0.2) is 19.1 Å². The quantitative estimate of drug-likeness (QED) is 0.186. The van der Waals surface area contributed by atoms with Gasteiger partial charge in [0.1, 0.15) is 22.4 Å². The van der Waals surface area contributed by atoms with E-state index >= 15 is 0 Å². The van der Waals surface area contributed by atoms with Crippen molar-refractivity contribution in [3.63, 3.8) is 0 Å². The molecule has 1 aliphatic rings. The molecule has 0 bridgehead atoms. The zero-order chi connectivity index (χ0) is 33.9. The molecule has 6 heteroatoms. The lowest BCUT2D eigenvalue weighted by atomic mass is 9.97. The van der Waals surface area contributed by atoms with Gasteiger partial charge in [0, 0.05) is 36.9 Å². The van der Waals surface area contributed by atoms with Crippen molar-refractivity contribution >= 4 is 77.4 Å². The molecule has 0 saturated carbocycles. The Kier molecular flexibility index (Phi) is 5.65. The van der Waals surface area contributed by atoms with Gasteiger partial charge in [-0.1, -0.05) is 133 Å². The van der Waals surface area contributed by atoms with Crippen molar-refractivity contribution in [2.24, 2.45) is 0 Å². The van der Waals surface area contributed by atoms with E-state index in [-0.39, 0.29) is 0 Å². The Bertz CT molecular complexity index is 3270. The minimum absolute atomic E-state index is 0.606. The van der Waals surface area contributed by atoms with Crippen LogP contribution >= 0.6 is 11.8 Å². The Balaban J connectivity index is 1.17. The number of fused-ring (bicyclic) bond motifs is 11. The maximum absolute atomic E-state index is 6.58. The molecule has 0 atom stereocenters. The van der Waals surface area contributed by atoms with Crippen LogP contribution in [0.25, 0.3) is 99.7 Å². The minimum Gasteiger partial charge on any atom is -0.452 e. The molecule has 0 unspecified atom stereocenters. The van der Waals surface area contributed by atoms with E-state index in [9.17, 15) is 0 Å². The van der Waals surface area contributed by atoms with Gasteiger partial charge in [0.15, 0.2) is 5.58 Å². The van der Waals surface area contributed by atoms with Crippen LogP contribution < -0.4 is 0 Å². The first-order chi connectivity index (χ1) is 25.8. The topological polar surface area (TPSA) is 48.8 Å². The van der Waals surface area contributed by atoms with Crippen LogP contribution in [0.1, 0.15) is 0 Å². The Morgan fingerprint density at radius 1 is 0.519 bits per heavy atom. The molecule has 12 rings (SSSR count). The van der Waals surface area contributed by atoms with Crippen LogP contribution in [0.5, 0.6) is 0 Å². The fraction of sp³-hybridized carbons (Fsp3) is 0. The molecule has 11 aromatic rings. The highest BCUT2D eigenvalue weighted by atomic mass is 32.2. The van der Waals surface area contributed by atoms with Gasteiger partial charge in [-0.15, -0.1) is 0 Å². The molecule has 4 aromatic heterocycles. The zero-order valence-corrected chi connectivity index (χ0v) is 28.4. The molecule has 0 amide bonds. The summed E-state index contributed by atoms with van der Waals surface area (Å²) in [6, 6.07) is 55.8. The predicted octanol–water partition coefficient (Wildman–Crippen LogP) is 12.4. The lowest BCUT2D eigenvalue weighted by Crippen LogP contribution is -2.08. The second-order valence-electron chi connectivity index (χ2n) is 13.4. The molecule has 52 heavy (non-hydrogen) atoms. The highest BCUT2D eigenvalue weighted by Gasteiger charge is 2.29. The summed E-state index contributed by atoms with van der Waals surface area (Å²) in [6.45, 7) is 0. The monoisotopic (exact) mass is 682 g/mol. The summed E-state index contributed by atoms with van der Waals surface area (Å²) in [5.74, 6) is 0.606. The van der Waals surface area contributed by atoms with Gasteiger partial charge in [-0.05, 0) is 58.3 Å². The lowest BCUT2D eigenvalue weighted by molar-refractivity contribution is 0.666. The number of benzene rings is 7. The van der Waals surface area contributed by atoms with Crippen LogP contribution in [0.4, 0.5) is 0 Å². The molecule has 0 saturated heterocycles. The van der Waals surface area contributed by atoms with E-state index < -0.39 is 0 Å². The third kappa shape index (κ3) is 3.79. The largest absolute Gasteiger partial charge is 0.452 e. The predicted molar refractivity (Wildman–Crippen MR) is 213 cm³/mol. The van der Waals surface area contributed by atoms with Gasteiger partial charge in [0.25, 0.3) is 0 Å². The second-order valence-corrected chi connectivity index (χ2v) is 14.4. The molecule has 0 radical (unpaired) electrons. The molecular weight excluding hydrogens is 657 g/mol. The molecule has 0 aliphatic carbocycles. The smallest absolute Gasteiger partial charge is 0.237 e. The van der Waals surface area contributed by atoms with E-state index in [1.807, 2.05) is 30.0 Å². The van der Waals surface area contributed by atoms with Gasteiger partial charge in [0.05, 0.1) is 16.7 Å². The van der Waals surface area contributed by atoms with Gasteiger partial charge in [-0.25, -0.2) is 9.97 Å². The summed E-state index contributed by atoms with van der Waals surface area (Å²) in [5, 5.41) is 7.02.